The lowest BCUT2D eigenvalue weighted by Gasteiger charge is -2.29. The van der Waals surface area contributed by atoms with Crippen molar-refractivity contribution in [2.75, 3.05) is 17.1 Å². The lowest BCUT2D eigenvalue weighted by Crippen LogP contribution is -2.37. The lowest BCUT2D eigenvalue weighted by atomic mass is 9.90. The SMILES string of the molecule is COc1ccc([C@@H]2[C@H]3C(=O)N(c4sc5c(c4C#N)CCCC5)C(=O)[C@H]3ON2c2ccccc2C)cc1. The van der Waals surface area contributed by atoms with Crippen molar-refractivity contribution in [2.45, 2.75) is 44.8 Å². The molecule has 1 aliphatic carbocycles. The standard InChI is InChI=1S/C28H25N3O4S/c1-16-7-3-5-9-21(16)31-24(17-11-13-18(34-2)14-12-17)23-25(35-31)27(33)30(26(23)32)28-20(15-29)19-8-4-6-10-22(19)36-28/h3,5,7,9,11-14,23-25H,4,6,8,10H2,1-2H3/t23-,24-,25+/m1/s1. The van der Waals surface area contributed by atoms with Gasteiger partial charge >= 0.3 is 0 Å². The van der Waals surface area contributed by atoms with E-state index in [1.807, 2.05) is 55.5 Å². The molecule has 3 aromatic rings. The fourth-order valence-corrected chi connectivity index (χ4v) is 6.95. The van der Waals surface area contributed by atoms with Gasteiger partial charge < -0.3 is 4.74 Å². The Hall–Kier alpha value is -3.67. The average Bonchev–Trinajstić information content (AvgIpc) is 3.54. The van der Waals surface area contributed by atoms with Gasteiger partial charge in [-0.25, -0.2) is 9.96 Å². The van der Waals surface area contributed by atoms with Crippen molar-refractivity contribution in [3.05, 3.63) is 75.7 Å². The van der Waals surface area contributed by atoms with Crippen molar-refractivity contribution in [2.24, 2.45) is 5.92 Å². The van der Waals surface area contributed by atoms with Gasteiger partial charge in [0.25, 0.3) is 5.91 Å². The number of benzene rings is 2. The van der Waals surface area contributed by atoms with Crippen LogP contribution in [0.5, 0.6) is 5.75 Å². The number of rotatable bonds is 4. The molecule has 0 spiro atoms. The third kappa shape index (κ3) is 3.34. The number of nitriles is 1. The highest BCUT2D eigenvalue weighted by atomic mass is 32.1. The number of carbonyl (C=O) groups is 2. The summed E-state index contributed by atoms with van der Waals surface area (Å²) in [5, 5.41) is 12.1. The lowest BCUT2D eigenvalue weighted by molar-refractivity contribution is -0.126. The van der Waals surface area contributed by atoms with Gasteiger partial charge in [-0.3, -0.25) is 14.4 Å². The third-order valence-corrected chi connectivity index (χ3v) is 8.67. The Morgan fingerprint density at radius 3 is 2.53 bits per heavy atom. The Morgan fingerprint density at radius 1 is 1.06 bits per heavy atom. The normalized spacial score (nSPS) is 23.0. The van der Waals surface area contributed by atoms with E-state index in [0.29, 0.717) is 16.3 Å². The van der Waals surface area contributed by atoms with Gasteiger partial charge in [-0.05, 0) is 67.5 Å². The second kappa shape index (κ2) is 8.77. The fourth-order valence-electron chi connectivity index (χ4n) is 5.60. The maximum Gasteiger partial charge on any atom is 0.267 e. The topological polar surface area (TPSA) is 82.9 Å². The average molecular weight is 500 g/mol. The highest BCUT2D eigenvalue weighted by Crippen LogP contribution is 2.50. The van der Waals surface area contributed by atoms with Crippen LogP contribution in [0.3, 0.4) is 0 Å². The molecule has 0 radical (unpaired) electrons. The molecule has 2 amide bonds. The van der Waals surface area contributed by atoms with Crippen LogP contribution in [0.1, 0.15) is 46.0 Å². The molecule has 3 atom stereocenters. The summed E-state index contributed by atoms with van der Waals surface area (Å²) in [6.45, 7) is 1.98. The molecule has 3 aliphatic rings. The molecule has 0 saturated carbocycles. The summed E-state index contributed by atoms with van der Waals surface area (Å²) in [5.74, 6) is -0.766. The van der Waals surface area contributed by atoms with E-state index in [1.165, 1.54) is 16.2 Å². The molecule has 2 aliphatic heterocycles. The number of aryl methyl sites for hydroxylation is 2. The predicted molar refractivity (Wildman–Crippen MR) is 136 cm³/mol. The molecule has 3 heterocycles. The number of nitrogens with zero attached hydrogens (tertiary/aromatic N) is 3. The van der Waals surface area contributed by atoms with Crippen LogP contribution in [0.25, 0.3) is 0 Å². The Labute approximate surface area is 213 Å². The van der Waals surface area contributed by atoms with Gasteiger partial charge in [0.15, 0.2) is 6.10 Å². The minimum absolute atomic E-state index is 0.322. The van der Waals surface area contributed by atoms with Crippen molar-refractivity contribution < 1.29 is 19.2 Å². The summed E-state index contributed by atoms with van der Waals surface area (Å²) in [5.41, 5.74) is 4.10. The summed E-state index contributed by atoms with van der Waals surface area (Å²) in [7, 11) is 1.60. The van der Waals surface area contributed by atoms with Gasteiger partial charge in [0.2, 0.25) is 5.91 Å². The molecule has 36 heavy (non-hydrogen) atoms. The molecule has 1 aromatic heterocycles. The minimum Gasteiger partial charge on any atom is -0.497 e. The monoisotopic (exact) mass is 499 g/mol. The third-order valence-electron chi connectivity index (χ3n) is 7.39. The van der Waals surface area contributed by atoms with E-state index in [-0.39, 0.29) is 5.91 Å². The number of anilines is 2. The first-order valence-corrected chi connectivity index (χ1v) is 12.9. The van der Waals surface area contributed by atoms with Gasteiger partial charge in [-0.15, -0.1) is 11.3 Å². The summed E-state index contributed by atoms with van der Waals surface area (Å²) in [4.78, 5) is 36.4. The summed E-state index contributed by atoms with van der Waals surface area (Å²) >= 11 is 1.41. The number of carbonyl (C=O) groups excluding carboxylic acids is 2. The quantitative estimate of drug-likeness (QED) is 0.477. The number of hydroxylamine groups is 1. The van der Waals surface area contributed by atoms with Crippen LogP contribution in [0.4, 0.5) is 10.7 Å². The van der Waals surface area contributed by atoms with E-state index >= 15 is 0 Å². The second-order valence-electron chi connectivity index (χ2n) is 9.40. The number of thiophene rings is 1. The van der Waals surface area contributed by atoms with Crippen LogP contribution >= 0.6 is 11.3 Å². The van der Waals surface area contributed by atoms with E-state index in [2.05, 4.69) is 6.07 Å². The molecular weight excluding hydrogens is 474 g/mol. The zero-order valence-electron chi connectivity index (χ0n) is 20.1. The van der Waals surface area contributed by atoms with Crippen molar-refractivity contribution in [3.63, 3.8) is 0 Å². The van der Waals surface area contributed by atoms with Crippen LogP contribution in [0, 0.1) is 24.2 Å². The number of imide groups is 1. The number of hydrogen-bond donors (Lipinski definition) is 0. The van der Waals surface area contributed by atoms with Crippen molar-refractivity contribution >= 4 is 33.8 Å². The van der Waals surface area contributed by atoms with Crippen molar-refractivity contribution in [3.8, 4) is 11.8 Å². The summed E-state index contributed by atoms with van der Waals surface area (Å²) in [6.07, 6.45) is 2.79. The van der Waals surface area contributed by atoms with Crippen molar-refractivity contribution in [1.29, 1.82) is 5.26 Å². The van der Waals surface area contributed by atoms with Crippen molar-refractivity contribution in [1.82, 2.24) is 0 Å². The number of methoxy groups -OCH3 is 1. The van der Waals surface area contributed by atoms with E-state index in [4.69, 9.17) is 9.57 Å². The molecule has 8 heteroatoms. The molecule has 0 N–H and O–H groups in total. The molecule has 182 valence electrons. The van der Waals surface area contributed by atoms with Gasteiger partial charge in [-0.1, -0.05) is 30.3 Å². The maximum absolute atomic E-state index is 14.0. The molecule has 7 nitrogen and oxygen atoms in total. The zero-order chi connectivity index (χ0) is 25.0. The Morgan fingerprint density at radius 2 is 1.81 bits per heavy atom. The number of hydrogen-bond acceptors (Lipinski definition) is 7. The first-order valence-electron chi connectivity index (χ1n) is 12.1. The van der Waals surface area contributed by atoms with Crippen LogP contribution in [-0.2, 0) is 27.3 Å². The first kappa shape index (κ1) is 22.8. The van der Waals surface area contributed by atoms with E-state index in [1.54, 1.807) is 12.2 Å². The van der Waals surface area contributed by atoms with Crippen LogP contribution in [0.15, 0.2) is 48.5 Å². The van der Waals surface area contributed by atoms with Gasteiger partial charge in [0.1, 0.15) is 22.7 Å². The van der Waals surface area contributed by atoms with Crippen LogP contribution in [-0.4, -0.2) is 25.0 Å². The number of ether oxygens (including phenoxy) is 1. The number of amides is 2. The van der Waals surface area contributed by atoms with Crippen LogP contribution in [0.2, 0.25) is 0 Å². The molecule has 2 saturated heterocycles. The fraction of sp³-hybridized carbons (Fsp3) is 0.321. The molecule has 0 unspecified atom stereocenters. The summed E-state index contributed by atoms with van der Waals surface area (Å²) < 4.78 is 5.32. The van der Waals surface area contributed by atoms with Gasteiger partial charge in [-0.2, -0.15) is 5.26 Å². The molecular formula is C28H25N3O4S. The van der Waals surface area contributed by atoms with E-state index in [0.717, 1.165) is 52.9 Å². The molecule has 2 aromatic carbocycles. The van der Waals surface area contributed by atoms with E-state index in [9.17, 15) is 14.9 Å². The maximum atomic E-state index is 14.0. The highest BCUT2D eigenvalue weighted by Gasteiger charge is 2.61. The molecule has 6 rings (SSSR count). The predicted octanol–water partition coefficient (Wildman–Crippen LogP) is 4.87. The zero-order valence-corrected chi connectivity index (χ0v) is 20.9. The number of para-hydroxylation sites is 1. The Kier molecular flexibility index (Phi) is 5.55. The smallest absolute Gasteiger partial charge is 0.267 e. The summed E-state index contributed by atoms with van der Waals surface area (Å²) in [6, 6.07) is 17.0. The minimum atomic E-state index is -0.963. The first-order chi connectivity index (χ1) is 17.5. The second-order valence-corrected chi connectivity index (χ2v) is 10.5. The van der Waals surface area contributed by atoms with Gasteiger partial charge in [0, 0.05) is 4.88 Å². The highest BCUT2D eigenvalue weighted by molar-refractivity contribution is 7.17. The van der Waals surface area contributed by atoms with Gasteiger partial charge in [0.05, 0.1) is 24.4 Å². The Balaban J connectivity index is 1.44. The Bertz CT molecular complexity index is 1410. The largest absolute Gasteiger partial charge is 0.497 e. The molecule has 0 bridgehead atoms. The van der Waals surface area contributed by atoms with Crippen LogP contribution < -0.4 is 14.7 Å². The molecule has 2 fully saturated rings. The number of fused-ring (bicyclic) bond motifs is 2. The van der Waals surface area contributed by atoms with E-state index < -0.39 is 24.0 Å².